The summed E-state index contributed by atoms with van der Waals surface area (Å²) in [6.07, 6.45) is 14.1. The van der Waals surface area contributed by atoms with E-state index in [0.29, 0.717) is 0 Å². The van der Waals surface area contributed by atoms with Crippen LogP contribution in [0.4, 0.5) is 0 Å². The van der Waals surface area contributed by atoms with Crippen LogP contribution < -0.4 is 0 Å². The van der Waals surface area contributed by atoms with Crippen molar-refractivity contribution in [3.8, 4) is 0 Å². The van der Waals surface area contributed by atoms with Gasteiger partial charge in [0.1, 0.15) is 0 Å². The number of aliphatic hydroxyl groups is 1. The van der Waals surface area contributed by atoms with Crippen LogP contribution in [0.15, 0.2) is 11.6 Å². The first-order valence-corrected chi connectivity index (χ1v) is 10.0. The molecule has 0 aliphatic carbocycles. The Morgan fingerprint density at radius 1 is 0.833 bits per heavy atom. The van der Waals surface area contributed by atoms with Gasteiger partial charge in [0.15, 0.2) is 0 Å². The quantitative estimate of drug-likeness (QED) is 0.381. The Kier molecular flexibility index (Phi) is 20.5. The number of methoxy groups -OCH3 is 1. The maximum atomic E-state index is 8.83. The fourth-order valence-corrected chi connectivity index (χ4v) is 2.97. The second-order valence-electron chi connectivity index (χ2n) is 8.00. The van der Waals surface area contributed by atoms with Crippen molar-refractivity contribution in [1.82, 2.24) is 0 Å². The van der Waals surface area contributed by atoms with Crippen LogP contribution in [-0.2, 0) is 4.74 Å². The molecule has 0 aromatic rings. The molecule has 0 bridgehead atoms. The zero-order valence-electron chi connectivity index (χ0n) is 17.7. The van der Waals surface area contributed by atoms with Crippen molar-refractivity contribution >= 4 is 0 Å². The molecule has 0 saturated carbocycles. The van der Waals surface area contributed by atoms with Crippen molar-refractivity contribution in [1.29, 1.82) is 0 Å². The molecule has 146 valence electrons. The molecule has 2 heteroatoms. The van der Waals surface area contributed by atoms with E-state index in [1.165, 1.54) is 56.9 Å². The van der Waals surface area contributed by atoms with E-state index in [4.69, 9.17) is 5.11 Å². The molecule has 0 saturated heterocycles. The fraction of sp³-hybridized carbons (Fsp3) is 0.909. The van der Waals surface area contributed by atoms with Gasteiger partial charge in [0, 0.05) is 14.2 Å². The molecule has 2 atom stereocenters. The Labute approximate surface area is 153 Å². The van der Waals surface area contributed by atoms with Crippen LogP contribution in [0.25, 0.3) is 0 Å². The van der Waals surface area contributed by atoms with E-state index >= 15 is 0 Å². The van der Waals surface area contributed by atoms with Gasteiger partial charge >= 0.3 is 0 Å². The molecule has 0 aromatic carbocycles. The van der Waals surface area contributed by atoms with E-state index in [1.807, 2.05) is 6.08 Å². The lowest BCUT2D eigenvalue weighted by molar-refractivity contribution is 0.277. The summed E-state index contributed by atoms with van der Waals surface area (Å²) in [5, 5.41) is 8.83. The zero-order chi connectivity index (χ0) is 18.8. The van der Waals surface area contributed by atoms with Gasteiger partial charge in [-0.2, -0.15) is 0 Å². The highest BCUT2D eigenvalue weighted by atomic mass is 16.4. The van der Waals surface area contributed by atoms with Crippen molar-refractivity contribution in [3.63, 3.8) is 0 Å². The summed E-state index contributed by atoms with van der Waals surface area (Å²) in [6, 6.07) is 0. The third kappa shape index (κ3) is 21.7. The number of hydrogen-bond acceptors (Lipinski definition) is 2. The summed E-state index contributed by atoms with van der Waals surface area (Å²) in [5.41, 5.74) is 1.34. The Morgan fingerprint density at radius 3 is 1.67 bits per heavy atom. The third-order valence-corrected chi connectivity index (χ3v) is 4.58. The van der Waals surface area contributed by atoms with Crippen molar-refractivity contribution in [2.24, 2.45) is 17.8 Å². The van der Waals surface area contributed by atoms with E-state index in [1.54, 1.807) is 14.2 Å². The molecule has 1 N–H and O–H groups in total. The molecular formula is C22H46O2. The largest absolute Gasteiger partial charge is 0.392 e. The van der Waals surface area contributed by atoms with Crippen LogP contribution in [0, 0.1) is 17.8 Å². The summed E-state index contributed by atoms with van der Waals surface area (Å²) < 4.78 is 4.25. The Balaban J connectivity index is 0. The molecule has 0 aliphatic heterocycles. The van der Waals surface area contributed by atoms with Crippen LogP contribution in [-0.4, -0.2) is 25.9 Å². The van der Waals surface area contributed by atoms with E-state index in [9.17, 15) is 0 Å². The average molecular weight is 343 g/mol. The highest BCUT2D eigenvalue weighted by Crippen LogP contribution is 2.21. The zero-order valence-corrected chi connectivity index (χ0v) is 17.7. The Hall–Kier alpha value is -0.340. The number of hydrogen-bond donors (Lipinski definition) is 1. The minimum atomic E-state index is 0.191. The fourth-order valence-electron chi connectivity index (χ4n) is 2.97. The molecule has 0 unspecified atom stereocenters. The summed E-state index contributed by atoms with van der Waals surface area (Å²) in [4.78, 5) is 0. The van der Waals surface area contributed by atoms with E-state index < -0.39 is 0 Å². The minimum absolute atomic E-state index is 0.191. The van der Waals surface area contributed by atoms with Gasteiger partial charge in [0.2, 0.25) is 0 Å². The minimum Gasteiger partial charge on any atom is -0.392 e. The number of ether oxygens (including phenoxy) is 1. The van der Waals surface area contributed by atoms with Crippen molar-refractivity contribution in [3.05, 3.63) is 11.6 Å². The summed E-state index contributed by atoms with van der Waals surface area (Å²) >= 11 is 0. The van der Waals surface area contributed by atoms with E-state index in [2.05, 4.69) is 39.4 Å². The Morgan fingerprint density at radius 2 is 1.25 bits per heavy atom. The number of rotatable bonds is 13. The molecule has 0 spiro atoms. The van der Waals surface area contributed by atoms with Gasteiger partial charge in [-0.25, -0.2) is 0 Å². The number of aliphatic hydroxyl groups excluding tert-OH is 1. The van der Waals surface area contributed by atoms with E-state index in [-0.39, 0.29) is 6.61 Å². The summed E-state index contributed by atoms with van der Waals surface area (Å²) in [6.45, 7) is 11.8. The first-order chi connectivity index (χ1) is 11.4. The first kappa shape index (κ1) is 25.9. The van der Waals surface area contributed by atoms with E-state index in [0.717, 1.165) is 24.2 Å². The van der Waals surface area contributed by atoms with Crippen molar-refractivity contribution in [2.75, 3.05) is 20.8 Å². The van der Waals surface area contributed by atoms with Gasteiger partial charge in [-0.05, 0) is 37.5 Å². The molecule has 0 amide bonds. The van der Waals surface area contributed by atoms with Gasteiger partial charge in [-0.15, -0.1) is 0 Å². The van der Waals surface area contributed by atoms with Crippen LogP contribution in [0.2, 0.25) is 0 Å². The molecular weight excluding hydrogens is 296 g/mol. The monoisotopic (exact) mass is 342 g/mol. The smallest absolute Gasteiger partial charge is 0.0614 e. The second kappa shape index (κ2) is 19.0. The van der Waals surface area contributed by atoms with Crippen LogP contribution in [0.3, 0.4) is 0 Å². The highest BCUT2D eigenvalue weighted by molar-refractivity contribution is 4.97. The number of allylic oxidation sites excluding steroid dienone is 1. The predicted molar refractivity (Wildman–Crippen MR) is 108 cm³/mol. The van der Waals surface area contributed by atoms with Gasteiger partial charge in [-0.1, -0.05) is 84.3 Å². The lowest BCUT2D eigenvalue weighted by Gasteiger charge is -2.15. The van der Waals surface area contributed by atoms with Crippen LogP contribution in [0.5, 0.6) is 0 Å². The van der Waals surface area contributed by atoms with Gasteiger partial charge in [0.05, 0.1) is 6.61 Å². The Bertz CT molecular complexity index is 271. The molecule has 0 aromatic heterocycles. The predicted octanol–water partition coefficient (Wildman–Crippen LogP) is 6.63. The lowest BCUT2D eigenvalue weighted by atomic mass is 9.91. The second-order valence-corrected chi connectivity index (χ2v) is 8.00. The van der Waals surface area contributed by atoms with Gasteiger partial charge < -0.3 is 9.84 Å². The SMILES string of the molecule is CC(=CCO)CCC[C@H](C)CCC[C@H](C)CCCC(C)C.COC. The molecule has 2 nitrogen and oxygen atoms in total. The molecule has 0 aliphatic rings. The molecule has 0 fully saturated rings. The van der Waals surface area contributed by atoms with Crippen LogP contribution >= 0.6 is 0 Å². The summed E-state index contributed by atoms with van der Waals surface area (Å²) in [5.74, 6) is 2.63. The molecule has 24 heavy (non-hydrogen) atoms. The van der Waals surface area contributed by atoms with Gasteiger partial charge in [0.25, 0.3) is 0 Å². The van der Waals surface area contributed by atoms with Crippen LogP contribution in [0.1, 0.15) is 92.4 Å². The maximum Gasteiger partial charge on any atom is 0.0614 e. The third-order valence-electron chi connectivity index (χ3n) is 4.58. The molecule has 0 heterocycles. The lowest BCUT2D eigenvalue weighted by Crippen LogP contribution is -2.00. The average Bonchev–Trinajstić information content (AvgIpc) is 2.48. The standard InChI is InChI=1S/C20H40O.C2H6O/c1-17(2)9-6-10-18(3)11-7-12-19(4)13-8-14-20(5)15-16-21;1-3-2/h15,17-19,21H,6-14,16H2,1-5H3;1-2H3/t18-,19-;/m1./s1. The molecule has 0 radical (unpaired) electrons. The van der Waals surface area contributed by atoms with Crippen molar-refractivity contribution < 1.29 is 9.84 Å². The highest BCUT2D eigenvalue weighted by Gasteiger charge is 2.06. The van der Waals surface area contributed by atoms with Gasteiger partial charge in [-0.3, -0.25) is 0 Å². The molecule has 0 rings (SSSR count). The normalized spacial score (nSPS) is 14.3. The topological polar surface area (TPSA) is 29.5 Å². The van der Waals surface area contributed by atoms with Crippen molar-refractivity contribution in [2.45, 2.75) is 92.4 Å². The maximum absolute atomic E-state index is 8.83. The first-order valence-electron chi connectivity index (χ1n) is 10.0. The summed E-state index contributed by atoms with van der Waals surface area (Å²) in [7, 11) is 3.25.